The van der Waals surface area contributed by atoms with Gasteiger partial charge in [-0.3, -0.25) is 4.79 Å². The monoisotopic (exact) mass is 470 g/mol. The third-order valence-corrected chi connectivity index (χ3v) is 7.45. The van der Waals surface area contributed by atoms with Gasteiger partial charge in [-0.15, -0.1) is 0 Å². The maximum absolute atomic E-state index is 13.1. The van der Waals surface area contributed by atoms with Crippen molar-refractivity contribution >= 4 is 44.8 Å². The Morgan fingerprint density at radius 1 is 1.23 bits per heavy atom. The van der Waals surface area contributed by atoms with Gasteiger partial charge in [-0.1, -0.05) is 23.2 Å². The van der Waals surface area contributed by atoms with Crippen molar-refractivity contribution in [1.82, 2.24) is 4.31 Å². The van der Waals surface area contributed by atoms with Gasteiger partial charge in [0, 0.05) is 18.1 Å². The fraction of sp³-hybridized carbons (Fsp3) is 0.381. The minimum absolute atomic E-state index is 0.110. The predicted molar refractivity (Wildman–Crippen MR) is 119 cm³/mol. The van der Waals surface area contributed by atoms with Crippen LogP contribution in [-0.4, -0.2) is 38.3 Å². The third-order valence-electron chi connectivity index (χ3n) is 5.03. The van der Waals surface area contributed by atoms with E-state index in [1.54, 1.807) is 36.4 Å². The molecule has 1 heterocycles. The van der Waals surface area contributed by atoms with Crippen LogP contribution in [-0.2, 0) is 14.8 Å². The standard InChI is InChI=1S/C21H24Cl2N2O4S/c1-3-29-20-9-7-17(11-14(20)2)30(27,28)25-10-4-5-15(13-25)21(26)24-19-12-16(22)6-8-18(19)23/h6-9,11-12,15H,3-5,10,13H2,1-2H3,(H,24,26)/t15-/m0/s1. The summed E-state index contributed by atoms with van der Waals surface area (Å²) in [5.74, 6) is -0.0972. The van der Waals surface area contributed by atoms with Gasteiger partial charge in [0.2, 0.25) is 15.9 Å². The molecule has 1 N–H and O–H groups in total. The van der Waals surface area contributed by atoms with Crippen LogP contribution in [0.2, 0.25) is 10.0 Å². The number of aryl methyl sites for hydroxylation is 1. The molecule has 162 valence electrons. The minimum Gasteiger partial charge on any atom is -0.494 e. The van der Waals surface area contributed by atoms with Crippen molar-refractivity contribution < 1.29 is 17.9 Å². The van der Waals surface area contributed by atoms with Crippen molar-refractivity contribution in [2.24, 2.45) is 5.92 Å². The largest absolute Gasteiger partial charge is 0.494 e. The average Bonchev–Trinajstić information content (AvgIpc) is 2.72. The molecule has 1 fully saturated rings. The number of hydrogen-bond donors (Lipinski definition) is 1. The zero-order chi connectivity index (χ0) is 21.9. The third kappa shape index (κ3) is 5.09. The van der Waals surface area contributed by atoms with Gasteiger partial charge in [0.05, 0.1) is 28.1 Å². The molecule has 0 aromatic heterocycles. The number of nitrogens with zero attached hydrogens (tertiary/aromatic N) is 1. The highest BCUT2D eigenvalue weighted by atomic mass is 35.5. The number of rotatable bonds is 6. The molecule has 2 aromatic carbocycles. The number of benzene rings is 2. The van der Waals surface area contributed by atoms with Gasteiger partial charge in [-0.2, -0.15) is 4.31 Å². The smallest absolute Gasteiger partial charge is 0.243 e. The first kappa shape index (κ1) is 22.9. The summed E-state index contributed by atoms with van der Waals surface area (Å²) in [4.78, 5) is 13.0. The SMILES string of the molecule is CCOc1ccc(S(=O)(=O)N2CCC[C@H](C(=O)Nc3cc(Cl)ccc3Cl)C2)cc1C. The second-order valence-electron chi connectivity index (χ2n) is 7.18. The topological polar surface area (TPSA) is 75.7 Å². The lowest BCUT2D eigenvalue weighted by Crippen LogP contribution is -2.43. The maximum Gasteiger partial charge on any atom is 0.243 e. The zero-order valence-electron chi connectivity index (χ0n) is 16.8. The quantitative estimate of drug-likeness (QED) is 0.661. The summed E-state index contributed by atoms with van der Waals surface area (Å²) in [6, 6.07) is 9.62. The molecular formula is C21H24Cl2N2O4S. The van der Waals surface area contributed by atoms with E-state index in [1.807, 2.05) is 13.8 Å². The summed E-state index contributed by atoms with van der Waals surface area (Å²) in [7, 11) is -3.72. The number of nitrogens with one attached hydrogen (secondary N) is 1. The summed E-state index contributed by atoms with van der Waals surface area (Å²) < 4.78 is 33.2. The van der Waals surface area contributed by atoms with Gasteiger partial charge in [0.1, 0.15) is 5.75 Å². The summed E-state index contributed by atoms with van der Waals surface area (Å²) in [5, 5.41) is 3.60. The molecule has 0 saturated carbocycles. The minimum atomic E-state index is -3.72. The van der Waals surface area contributed by atoms with E-state index in [0.717, 1.165) is 5.56 Å². The van der Waals surface area contributed by atoms with E-state index in [9.17, 15) is 13.2 Å². The van der Waals surface area contributed by atoms with Gasteiger partial charge < -0.3 is 10.1 Å². The van der Waals surface area contributed by atoms with Crippen molar-refractivity contribution in [2.75, 3.05) is 25.0 Å². The fourth-order valence-electron chi connectivity index (χ4n) is 3.45. The normalized spacial score (nSPS) is 17.5. The van der Waals surface area contributed by atoms with Crippen LogP contribution in [0.1, 0.15) is 25.3 Å². The van der Waals surface area contributed by atoms with Crippen LogP contribution in [0.25, 0.3) is 0 Å². The second-order valence-corrected chi connectivity index (χ2v) is 9.96. The molecule has 3 rings (SSSR count). The lowest BCUT2D eigenvalue weighted by molar-refractivity contribution is -0.120. The Morgan fingerprint density at radius 2 is 2.00 bits per heavy atom. The van der Waals surface area contributed by atoms with E-state index in [4.69, 9.17) is 27.9 Å². The Morgan fingerprint density at radius 3 is 2.70 bits per heavy atom. The highest BCUT2D eigenvalue weighted by Crippen LogP contribution is 2.30. The number of ether oxygens (including phenoxy) is 1. The van der Waals surface area contributed by atoms with E-state index in [1.165, 1.54) is 4.31 Å². The Bertz CT molecular complexity index is 1040. The number of piperidine rings is 1. The Kier molecular flexibility index (Phi) is 7.29. The van der Waals surface area contributed by atoms with Gasteiger partial charge in [0.15, 0.2) is 0 Å². The van der Waals surface area contributed by atoms with Crippen LogP contribution < -0.4 is 10.1 Å². The molecule has 1 aliphatic heterocycles. The summed E-state index contributed by atoms with van der Waals surface area (Å²) in [6.07, 6.45) is 1.19. The predicted octanol–water partition coefficient (Wildman–Crippen LogP) is 4.74. The lowest BCUT2D eigenvalue weighted by atomic mass is 9.99. The summed E-state index contributed by atoms with van der Waals surface area (Å²) >= 11 is 12.1. The van der Waals surface area contributed by atoms with Crippen molar-refractivity contribution in [2.45, 2.75) is 31.6 Å². The number of carbonyl (C=O) groups excluding carboxylic acids is 1. The van der Waals surface area contributed by atoms with Crippen LogP contribution >= 0.6 is 23.2 Å². The highest BCUT2D eigenvalue weighted by Gasteiger charge is 2.33. The second kappa shape index (κ2) is 9.56. The van der Waals surface area contributed by atoms with Crippen molar-refractivity contribution in [1.29, 1.82) is 0 Å². The van der Waals surface area contributed by atoms with E-state index < -0.39 is 15.9 Å². The molecule has 6 nitrogen and oxygen atoms in total. The number of hydrogen-bond acceptors (Lipinski definition) is 4. The van der Waals surface area contributed by atoms with Gasteiger partial charge in [-0.25, -0.2) is 8.42 Å². The molecule has 30 heavy (non-hydrogen) atoms. The van der Waals surface area contributed by atoms with E-state index >= 15 is 0 Å². The molecule has 0 spiro atoms. The van der Waals surface area contributed by atoms with Gasteiger partial charge in [0.25, 0.3) is 0 Å². The first-order chi connectivity index (χ1) is 14.2. The van der Waals surface area contributed by atoms with E-state index in [2.05, 4.69) is 5.32 Å². The Hall–Kier alpha value is -1.80. The highest BCUT2D eigenvalue weighted by molar-refractivity contribution is 7.89. The Balaban J connectivity index is 1.75. The van der Waals surface area contributed by atoms with Crippen molar-refractivity contribution in [3.8, 4) is 5.75 Å². The van der Waals surface area contributed by atoms with E-state index in [-0.39, 0.29) is 17.3 Å². The number of anilines is 1. The molecule has 9 heteroatoms. The molecule has 0 bridgehead atoms. The first-order valence-electron chi connectivity index (χ1n) is 9.72. The molecule has 1 amide bonds. The molecule has 1 atom stereocenters. The van der Waals surface area contributed by atoms with Crippen LogP contribution in [0, 0.1) is 12.8 Å². The molecule has 1 aliphatic rings. The van der Waals surface area contributed by atoms with Crippen LogP contribution in [0.4, 0.5) is 5.69 Å². The molecule has 2 aromatic rings. The number of sulfonamides is 1. The average molecular weight is 471 g/mol. The van der Waals surface area contributed by atoms with Crippen molar-refractivity contribution in [3.05, 3.63) is 52.0 Å². The van der Waals surface area contributed by atoms with Crippen LogP contribution in [0.15, 0.2) is 41.3 Å². The van der Waals surface area contributed by atoms with Crippen molar-refractivity contribution in [3.63, 3.8) is 0 Å². The number of halogens is 2. The molecular weight excluding hydrogens is 447 g/mol. The van der Waals surface area contributed by atoms with Crippen LogP contribution in [0.3, 0.4) is 0 Å². The van der Waals surface area contributed by atoms with Crippen LogP contribution in [0.5, 0.6) is 5.75 Å². The number of amides is 1. The fourth-order valence-corrected chi connectivity index (χ4v) is 5.40. The Labute approximate surface area is 187 Å². The first-order valence-corrected chi connectivity index (χ1v) is 11.9. The molecule has 1 saturated heterocycles. The zero-order valence-corrected chi connectivity index (χ0v) is 19.1. The maximum atomic E-state index is 13.1. The van der Waals surface area contributed by atoms with Gasteiger partial charge in [-0.05, 0) is 68.7 Å². The lowest BCUT2D eigenvalue weighted by Gasteiger charge is -2.31. The molecule has 0 aliphatic carbocycles. The molecule has 0 unspecified atom stereocenters. The van der Waals surface area contributed by atoms with E-state index in [0.29, 0.717) is 47.5 Å². The number of carbonyl (C=O) groups is 1. The summed E-state index contributed by atoms with van der Waals surface area (Å²) in [5.41, 5.74) is 1.16. The molecule has 0 radical (unpaired) electrons. The summed E-state index contributed by atoms with van der Waals surface area (Å²) in [6.45, 7) is 4.67. The van der Waals surface area contributed by atoms with Gasteiger partial charge >= 0.3 is 0 Å².